The van der Waals surface area contributed by atoms with Crippen LogP contribution in [-0.4, -0.2) is 38.8 Å². The number of ether oxygens (including phenoxy) is 3. The van der Waals surface area contributed by atoms with Crippen LogP contribution in [0.3, 0.4) is 0 Å². The average molecular weight is 315 g/mol. The number of carbonyl (C=O) groups is 1. The van der Waals surface area contributed by atoms with Gasteiger partial charge >= 0.3 is 0 Å². The van der Waals surface area contributed by atoms with E-state index >= 15 is 0 Å². The Bertz CT molecular complexity index is 427. The molecular weight excluding hydrogens is 300 g/mol. The van der Waals surface area contributed by atoms with Gasteiger partial charge in [-0.15, -0.1) is 0 Å². The number of hydrogen-bond acceptors (Lipinski definition) is 4. The molecule has 1 aromatic carbocycles. The topological polar surface area (TPSA) is 44.8 Å². The summed E-state index contributed by atoms with van der Waals surface area (Å²) in [5.74, 6) is 0.668. The third-order valence-electron chi connectivity index (χ3n) is 2.81. The van der Waals surface area contributed by atoms with Crippen LogP contribution in [0.4, 0.5) is 0 Å². The minimum absolute atomic E-state index is 0.0368. The van der Waals surface area contributed by atoms with Crippen molar-refractivity contribution in [1.82, 2.24) is 0 Å². The van der Waals surface area contributed by atoms with Crippen LogP contribution in [0.1, 0.15) is 16.8 Å². The molecule has 98 valence electrons. The fourth-order valence-corrected chi connectivity index (χ4v) is 2.30. The molecule has 1 aliphatic heterocycles. The molecule has 1 fully saturated rings. The van der Waals surface area contributed by atoms with Crippen molar-refractivity contribution in [2.45, 2.75) is 12.5 Å². The van der Waals surface area contributed by atoms with Crippen LogP contribution in [0.5, 0.6) is 5.75 Å². The molecule has 0 bridgehead atoms. The first-order valence-corrected chi connectivity index (χ1v) is 6.56. The van der Waals surface area contributed by atoms with Crippen LogP contribution >= 0.6 is 15.9 Å². The van der Waals surface area contributed by atoms with E-state index in [0.717, 1.165) is 10.9 Å². The Morgan fingerprint density at radius 1 is 1.56 bits per heavy atom. The van der Waals surface area contributed by atoms with Crippen LogP contribution in [-0.2, 0) is 9.47 Å². The Morgan fingerprint density at radius 2 is 2.39 bits per heavy atom. The zero-order valence-electron chi connectivity index (χ0n) is 10.1. The van der Waals surface area contributed by atoms with Gasteiger partial charge in [-0.05, 0) is 40.5 Å². The van der Waals surface area contributed by atoms with Gasteiger partial charge in [-0.2, -0.15) is 0 Å². The number of carbonyl (C=O) groups excluding carboxylic acids is 1. The van der Waals surface area contributed by atoms with Gasteiger partial charge < -0.3 is 14.2 Å². The van der Waals surface area contributed by atoms with Crippen molar-refractivity contribution in [2.24, 2.45) is 0 Å². The predicted octanol–water partition coefficient (Wildman–Crippen LogP) is 2.45. The largest absolute Gasteiger partial charge is 0.496 e. The van der Waals surface area contributed by atoms with Crippen molar-refractivity contribution < 1.29 is 19.0 Å². The number of Topliss-reactive ketones (excluding diaryl/α,β-unsaturated/α-hetero) is 1. The van der Waals surface area contributed by atoms with E-state index in [1.54, 1.807) is 25.3 Å². The van der Waals surface area contributed by atoms with Crippen molar-refractivity contribution in [1.29, 1.82) is 0 Å². The van der Waals surface area contributed by atoms with Gasteiger partial charge in [-0.1, -0.05) is 0 Å². The normalized spacial score (nSPS) is 18.9. The molecule has 0 radical (unpaired) electrons. The lowest BCUT2D eigenvalue weighted by Crippen LogP contribution is -2.18. The second kappa shape index (κ2) is 6.31. The molecule has 1 saturated heterocycles. The smallest absolute Gasteiger partial charge is 0.188 e. The number of halogens is 1. The van der Waals surface area contributed by atoms with Gasteiger partial charge in [-0.25, -0.2) is 0 Å². The monoisotopic (exact) mass is 314 g/mol. The van der Waals surface area contributed by atoms with Crippen LogP contribution < -0.4 is 4.74 Å². The first-order valence-electron chi connectivity index (χ1n) is 5.77. The van der Waals surface area contributed by atoms with Gasteiger partial charge in [-0.3, -0.25) is 4.79 Å². The molecule has 0 aliphatic carbocycles. The van der Waals surface area contributed by atoms with Gasteiger partial charge in [0.15, 0.2) is 5.78 Å². The Balaban J connectivity index is 1.93. The molecule has 1 aliphatic rings. The molecule has 1 atom stereocenters. The number of methoxy groups -OCH3 is 1. The van der Waals surface area contributed by atoms with E-state index in [2.05, 4.69) is 15.9 Å². The fourth-order valence-electron chi connectivity index (χ4n) is 1.76. The highest BCUT2D eigenvalue weighted by Crippen LogP contribution is 2.25. The fraction of sp³-hybridized carbons (Fsp3) is 0.462. The summed E-state index contributed by atoms with van der Waals surface area (Å²) in [7, 11) is 1.59. The van der Waals surface area contributed by atoms with Crippen LogP contribution in [0.25, 0.3) is 0 Å². The van der Waals surface area contributed by atoms with E-state index in [9.17, 15) is 4.79 Å². The zero-order valence-corrected chi connectivity index (χ0v) is 11.7. The molecule has 1 heterocycles. The average Bonchev–Trinajstić information content (AvgIpc) is 2.89. The van der Waals surface area contributed by atoms with Gasteiger partial charge in [0.1, 0.15) is 12.4 Å². The predicted molar refractivity (Wildman–Crippen MR) is 70.2 cm³/mol. The summed E-state index contributed by atoms with van der Waals surface area (Å²) in [6.07, 6.45) is 0.912. The Kier molecular flexibility index (Phi) is 4.74. The maximum absolute atomic E-state index is 11.9. The maximum atomic E-state index is 11.9. The molecule has 18 heavy (non-hydrogen) atoms. The first kappa shape index (κ1) is 13.5. The van der Waals surface area contributed by atoms with Crippen molar-refractivity contribution in [3.05, 3.63) is 28.2 Å². The molecule has 0 amide bonds. The summed E-state index contributed by atoms with van der Waals surface area (Å²) in [6.45, 7) is 1.39. The molecule has 1 aromatic rings. The van der Waals surface area contributed by atoms with Crippen molar-refractivity contribution in [3.8, 4) is 5.75 Å². The van der Waals surface area contributed by atoms with E-state index in [1.807, 2.05) is 0 Å². The number of benzene rings is 1. The van der Waals surface area contributed by atoms with E-state index < -0.39 is 0 Å². The highest BCUT2D eigenvalue weighted by atomic mass is 79.9. The van der Waals surface area contributed by atoms with E-state index in [-0.39, 0.29) is 18.5 Å². The zero-order chi connectivity index (χ0) is 13.0. The molecule has 1 unspecified atom stereocenters. The van der Waals surface area contributed by atoms with E-state index in [0.29, 0.717) is 24.5 Å². The molecule has 0 aromatic heterocycles. The Hall–Kier alpha value is -0.910. The van der Waals surface area contributed by atoms with E-state index in [4.69, 9.17) is 14.2 Å². The minimum Gasteiger partial charge on any atom is -0.496 e. The molecule has 0 spiro atoms. The van der Waals surface area contributed by atoms with Crippen molar-refractivity contribution in [3.63, 3.8) is 0 Å². The summed E-state index contributed by atoms with van der Waals surface area (Å²) < 4.78 is 16.6. The van der Waals surface area contributed by atoms with E-state index in [1.165, 1.54) is 0 Å². The summed E-state index contributed by atoms with van der Waals surface area (Å²) in [5, 5.41) is 0. The summed E-state index contributed by atoms with van der Waals surface area (Å²) in [4.78, 5) is 11.9. The number of ketones is 1. The van der Waals surface area contributed by atoms with Crippen molar-refractivity contribution in [2.75, 3.05) is 26.9 Å². The van der Waals surface area contributed by atoms with Crippen molar-refractivity contribution >= 4 is 21.7 Å². The third-order valence-corrected chi connectivity index (χ3v) is 3.43. The maximum Gasteiger partial charge on any atom is 0.188 e. The van der Waals surface area contributed by atoms with Crippen LogP contribution in [0.2, 0.25) is 0 Å². The highest BCUT2D eigenvalue weighted by Gasteiger charge is 2.18. The lowest BCUT2D eigenvalue weighted by Gasteiger charge is -2.09. The second-order valence-electron chi connectivity index (χ2n) is 4.07. The quantitative estimate of drug-likeness (QED) is 0.783. The van der Waals surface area contributed by atoms with Crippen LogP contribution in [0, 0.1) is 0 Å². The third kappa shape index (κ3) is 3.31. The molecule has 5 heteroatoms. The van der Waals surface area contributed by atoms with Gasteiger partial charge in [0.05, 0.1) is 24.3 Å². The summed E-state index contributed by atoms with van der Waals surface area (Å²) in [5.41, 5.74) is 0.613. The number of hydrogen-bond donors (Lipinski definition) is 0. The second-order valence-corrected chi connectivity index (χ2v) is 4.92. The molecule has 4 nitrogen and oxygen atoms in total. The Labute approximate surface area is 114 Å². The highest BCUT2D eigenvalue weighted by molar-refractivity contribution is 9.10. The summed E-state index contributed by atoms with van der Waals surface area (Å²) >= 11 is 3.35. The first-order chi connectivity index (χ1) is 8.70. The molecule has 2 rings (SSSR count). The minimum atomic E-state index is -0.0368. The van der Waals surface area contributed by atoms with Gasteiger partial charge in [0, 0.05) is 12.2 Å². The SMILES string of the molecule is COc1ccc(C(=O)COC2CCOC2)cc1Br. The molecule has 0 N–H and O–H groups in total. The number of rotatable bonds is 5. The van der Waals surface area contributed by atoms with Gasteiger partial charge in [0.2, 0.25) is 0 Å². The van der Waals surface area contributed by atoms with Gasteiger partial charge in [0.25, 0.3) is 0 Å². The molecular formula is C13H15BrO4. The standard InChI is InChI=1S/C13H15BrO4/c1-16-13-3-2-9(6-11(13)14)12(15)8-18-10-4-5-17-7-10/h2-3,6,10H,4-5,7-8H2,1H3. The Morgan fingerprint density at radius 3 is 3.00 bits per heavy atom. The summed E-state index contributed by atoms with van der Waals surface area (Å²) in [6, 6.07) is 5.24. The molecule has 0 saturated carbocycles. The van der Waals surface area contributed by atoms with Crippen LogP contribution in [0.15, 0.2) is 22.7 Å². The lowest BCUT2D eigenvalue weighted by molar-refractivity contribution is 0.0390. The lowest BCUT2D eigenvalue weighted by atomic mass is 10.1.